The second-order valence-electron chi connectivity index (χ2n) is 5.65. The molecule has 1 amide bonds. The van der Waals surface area contributed by atoms with Crippen LogP contribution in [-0.4, -0.2) is 36.5 Å². The molecule has 0 bridgehead atoms. The Labute approximate surface area is 156 Å². The summed E-state index contributed by atoms with van der Waals surface area (Å²) < 4.78 is 4.99. The Kier molecular flexibility index (Phi) is 6.87. The molecule has 0 fully saturated rings. The van der Waals surface area contributed by atoms with Crippen molar-refractivity contribution in [1.82, 2.24) is 0 Å². The third kappa shape index (κ3) is 5.53. The van der Waals surface area contributed by atoms with Gasteiger partial charge in [-0.25, -0.2) is 4.79 Å². The highest BCUT2D eigenvalue weighted by Crippen LogP contribution is 2.17. The topological polar surface area (TPSA) is 102 Å². The zero-order valence-corrected chi connectivity index (χ0v) is 15.2. The molecule has 0 aromatic heterocycles. The molecule has 2 aromatic carbocycles. The Morgan fingerprint density at radius 2 is 1.78 bits per heavy atom. The van der Waals surface area contributed by atoms with Crippen molar-refractivity contribution in [2.24, 2.45) is 0 Å². The number of amides is 1. The number of non-ortho nitro benzene ring substituents is 1. The molecule has 2 aromatic rings. The van der Waals surface area contributed by atoms with E-state index in [1.54, 1.807) is 12.1 Å². The van der Waals surface area contributed by atoms with E-state index in [0.717, 1.165) is 18.8 Å². The molecule has 0 saturated carbocycles. The number of esters is 1. The average Bonchev–Trinajstić information content (AvgIpc) is 2.68. The highest BCUT2D eigenvalue weighted by Gasteiger charge is 2.12. The largest absolute Gasteiger partial charge is 0.452 e. The molecule has 0 aliphatic rings. The molecular weight excluding hydrogens is 350 g/mol. The summed E-state index contributed by atoms with van der Waals surface area (Å²) in [5.74, 6) is -1.20. The predicted octanol–water partition coefficient (Wildman–Crippen LogP) is 3.24. The summed E-state index contributed by atoms with van der Waals surface area (Å²) in [4.78, 5) is 36.3. The monoisotopic (exact) mass is 371 g/mol. The third-order valence-corrected chi connectivity index (χ3v) is 3.91. The van der Waals surface area contributed by atoms with Crippen LogP contribution >= 0.6 is 0 Å². The summed E-state index contributed by atoms with van der Waals surface area (Å²) in [5.41, 5.74) is 1.46. The number of nitro benzene ring substituents is 1. The van der Waals surface area contributed by atoms with E-state index in [1.807, 2.05) is 26.0 Å². The van der Waals surface area contributed by atoms with E-state index in [4.69, 9.17) is 4.74 Å². The fourth-order valence-electron chi connectivity index (χ4n) is 2.51. The lowest BCUT2D eigenvalue weighted by Crippen LogP contribution is -2.22. The minimum absolute atomic E-state index is 0.141. The van der Waals surface area contributed by atoms with Crippen molar-refractivity contribution < 1.29 is 19.2 Å². The SMILES string of the molecule is CCN(CC)c1ccc(C(=O)OCC(=O)Nc2cccc([N+](=O)[O-])c2)cc1. The van der Waals surface area contributed by atoms with Crippen molar-refractivity contribution in [1.29, 1.82) is 0 Å². The maximum Gasteiger partial charge on any atom is 0.338 e. The molecule has 0 saturated heterocycles. The van der Waals surface area contributed by atoms with Crippen LogP contribution in [0, 0.1) is 10.1 Å². The number of rotatable bonds is 8. The van der Waals surface area contributed by atoms with Crippen LogP contribution in [0.1, 0.15) is 24.2 Å². The van der Waals surface area contributed by atoms with Crippen molar-refractivity contribution in [3.63, 3.8) is 0 Å². The van der Waals surface area contributed by atoms with Crippen LogP contribution in [0.4, 0.5) is 17.1 Å². The molecule has 8 heteroatoms. The zero-order valence-electron chi connectivity index (χ0n) is 15.2. The smallest absolute Gasteiger partial charge is 0.338 e. The van der Waals surface area contributed by atoms with Crippen LogP contribution in [0.3, 0.4) is 0 Å². The molecule has 27 heavy (non-hydrogen) atoms. The normalized spacial score (nSPS) is 10.1. The van der Waals surface area contributed by atoms with Gasteiger partial charge in [0.05, 0.1) is 10.5 Å². The van der Waals surface area contributed by atoms with Gasteiger partial charge in [-0.15, -0.1) is 0 Å². The van der Waals surface area contributed by atoms with Crippen LogP contribution in [-0.2, 0) is 9.53 Å². The fourth-order valence-corrected chi connectivity index (χ4v) is 2.51. The lowest BCUT2D eigenvalue weighted by Gasteiger charge is -2.20. The van der Waals surface area contributed by atoms with Gasteiger partial charge in [-0.2, -0.15) is 0 Å². The maximum atomic E-state index is 12.1. The van der Waals surface area contributed by atoms with Gasteiger partial charge >= 0.3 is 5.97 Å². The molecule has 0 atom stereocenters. The Balaban J connectivity index is 1.90. The number of nitro groups is 1. The number of anilines is 2. The average molecular weight is 371 g/mol. The van der Waals surface area contributed by atoms with E-state index in [1.165, 1.54) is 24.3 Å². The standard InChI is InChI=1S/C19H21N3O5/c1-3-21(4-2)16-10-8-14(9-11-16)19(24)27-13-18(23)20-15-6-5-7-17(12-15)22(25)26/h5-12H,3-4,13H2,1-2H3,(H,20,23). The molecule has 0 spiro atoms. The zero-order chi connectivity index (χ0) is 19.8. The third-order valence-electron chi connectivity index (χ3n) is 3.91. The second-order valence-corrected chi connectivity index (χ2v) is 5.65. The van der Waals surface area contributed by atoms with Gasteiger partial charge in [-0.3, -0.25) is 14.9 Å². The predicted molar refractivity (Wildman–Crippen MR) is 102 cm³/mol. The van der Waals surface area contributed by atoms with Gasteiger partial charge in [0.2, 0.25) is 0 Å². The number of carbonyl (C=O) groups is 2. The minimum atomic E-state index is -0.615. The number of hydrogen-bond acceptors (Lipinski definition) is 6. The quantitative estimate of drug-likeness (QED) is 0.434. The molecule has 0 heterocycles. The van der Waals surface area contributed by atoms with Gasteiger partial charge < -0.3 is 15.0 Å². The molecular formula is C19H21N3O5. The van der Waals surface area contributed by atoms with E-state index in [-0.39, 0.29) is 11.4 Å². The summed E-state index contributed by atoms with van der Waals surface area (Å²) in [6.07, 6.45) is 0. The lowest BCUT2D eigenvalue weighted by molar-refractivity contribution is -0.384. The lowest BCUT2D eigenvalue weighted by atomic mass is 10.2. The van der Waals surface area contributed by atoms with Crippen molar-refractivity contribution in [2.45, 2.75) is 13.8 Å². The summed E-state index contributed by atoms with van der Waals surface area (Å²) >= 11 is 0. The first-order valence-electron chi connectivity index (χ1n) is 8.51. The van der Waals surface area contributed by atoms with Crippen molar-refractivity contribution in [3.05, 3.63) is 64.2 Å². The van der Waals surface area contributed by atoms with E-state index in [9.17, 15) is 19.7 Å². The molecule has 0 aliphatic heterocycles. The molecule has 8 nitrogen and oxygen atoms in total. The van der Waals surface area contributed by atoms with Crippen LogP contribution in [0.5, 0.6) is 0 Å². The molecule has 1 N–H and O–H groups in total. The number of hydrogen-bond donors (Lipinski definition) is 1. The first-order chi connectivity index (χ1) is 12.9. The summed E-state index contributed by atoms with van der Waals surface area (Å²) in [5, 5.41) is 13.2. The Bertz CT molecular complexity index is 816. The number of carbonyl (C=O) groups excluding carboxylic acids is 2. The van der Waals surface area contributed by atoms with Gasteiger partial charge in [0, 0.05) is 36.6 Å². The van der Waals surface area contributed by atoms with E-state index >= 15 is 0 Å². The number of nitrogens with one attached hydrogen (secondary N) is 1. The number of ether oxygens (including phenoxy) is 1. The number of benzene rings is 2. The fraction of sp³-hybridized carbons (Fsp3) is 0.263. The highest BCUT2D eigenvalue weighted by atomic mass is 16.6. The minimum Gasteiger partial charge on any atom is -0.452 e. The van der Waals surface area contributed by atoms with Crippen molar-refractivity contribution >= 4 is 28.9 Å². The van der Waals surface area contributed by atoms with E-state index in [0.29, 0.717) is 5.56 Å². The van der Waals surface area contributed by atoms with E-state index < -0.39 is 23.4 Å². The first-order valence-corrected chi connectivity index (χ1v) is 8.51. The molecule has 0 radical (unpaired) electrons. The second kappa shape index (κ2) is 9.33. The molecule has 2 rings (SSSR count). The molecule has 0 unspecified atom stereocenters. The van der Waals surface area contributed by atoms with Gasteiger partial charge in [-0.1, -0.05) is 6.07 Å². The van der Waals surface area contributed by atoms with Crippen LogP contribution in [0.25, 0.3) is 0 Å². The maximum absolute atomic E-state index is 12.1. The van der Waals surface area contributed by atoms with Gasteiger partial charge in [-0.05, 0) is 44.2 Å². The summed E-state index contributed by atoms with van der Waals surface area (Å²) in [6, 6.07) is 12.5. The van der Waals surface area contributed by atoms with Gasteiger partial charge in [0.1, 0.15) is 0 Å². The van der Waals surface area contributed by atoms with Gasteiger partial charge in [0.25, 0.3) is 11.6 Å². The van der Waals surface area contributed by atoms with E-state index in [2.05, 4.69) is 10.2 Å². The molecule has 142 valence electrons. The van der Waals surface area contributed by atoms with Gasteiger partial charge in [0.15, 0.2) is 6.61 Å². The highest BCUT2D eigenvalue weighted by molar-refractivity contribution is 5.95. The first kappa shape index (κ1) is 19.9. The van der Waals surface area contributed by atoms with Crippen molar-refractivity contribution in [2.75, 3.05) is 29.9 Å². The summed E-state index contributed by atoms with van der Waals surface area (Å²) in [6.45, 7) is 5.33. The Morgan fingerprint density at radius 1 is 1.11 bits per heavy atom. The van der Waals surface area contributed by atoms with Crippen LogP contribution in [0.15, 0.2) is 48.5 Å². The Hall–Kier alpha value is -3.42. The molecule has 0 aliphatic carbocycles. The van der Waals surface area contributed by atoms with Crippen molar-refractivity contribution in [3.8, 4) is 0 Å². The summed E-state index contributed by atoms with van der Waals surface area (Å²) in [7, 11) is 0. The number of nitrogens with zero attached hydrogens (tertiary/aromatic N) is 2. The Morgan fingerprint density at radius 3 is 2.37 bits per heavy atom. The van der Waals surface area contributed by atoms with Crippen LogP contribution < -0.4 is 10.2 Å². The van der Waals surface area contributed by atoms with Crippen LogP contribution in [0.2, 0.25) is 0 Å².